The van der Waals surface area contributed by atoms with Crippen molar-refractivity contribution in [2.45, 2.75) is 75.6 Å². The summed E-state index contributed by atoms with van der Waals surface area (Å²) in [5.74, 6) is 1.43. The van der Waals surface area contributed by atoms with E-state index in [9.17, 15) is 4.79 Å². The molecule has 0 unspecified atom stereocenters. The van der Waals surface area contributed by atoms with Crippen molar-refractivity contribution in [1.29, 1.82) is 0 Å². The van der Waals surface area contributed by atoms with E-state index in [2.05, 4.69) is 25.0 Å². The molecule has 1 fully saturated rings. The lowest BCUT2D eigenvalue weighted by Crippen LogP contribution is -2.44. The second-order valence-corrected chi connectivity index (χ2v) is 8.84. The molecule has 0 saturated heterocycles. The molecule has 1 amide bonds. The van der Waals surface area contributed by atoms with Crippen LogP contribution in [-0.4, -0.2) is 31.4 Å². The van der Waals surface area contributed by atoms with Gasteiger partial charge in [0.05, 0.1) is 5.75 Å². The smallest absolute Gasteiger partial charge is 0.408 e. The minimum atomic E-state index is -0.804. The fourth-order valence-electron chi connectivity index (χ4n) is 2.35. The van der Waals surface area contributed by atoms with Crippen LogP contribution in [0.1, 0.15) is 65.2 Å². The third kappa shape index (κ3) is 4.78. The van der Waals surface area contributed by atoms with Gasteiger partial charge in [-0.25, -0.2) is 9.78 Å². The van der Waals surface area contributed by atoms with E-state index in [0.717, 1.165) is 5.16 Å². The molecule has 1 N–H and O–H groups in total. The molecule has 2 aromatic rings. The molecule has 0 aliphatic heterocycles. The second-order valence-electron chi connectivity index (χ2n) is 7.90. The first-order chi connectivity index (χ1) is 12.1. The minimum absolute atomic E-state index is 0.407. The molecule has 2 aromatic heterocycles. The summed E-state index contributed by atoms with van der Waals surface area (Å²) in [5, 5.41) is 7.74. The van der Waals surface area contributed by atoms with Gasteiger partial charge in [-0.05, 0) is 47.5 Å². The van der Waals surface area contributed by atoms with Crippen LogP contribution < -0.4 is 5.32 Å². The van der Waals surface area contributed by atoms with E-state index in [4.69, 9.17) is 9.26 Å². The number of rotatable bonds is 6. The Morgan fingerprint density at radius 2 is 2.12 bits per heavy atom. The summed E-state index contributed by atoms with van der Waals surface area (Å²) in [5.41, 5.74) is -1.37. The Morgan fingerprint density at radius 1 is 1.38 bits per heavy atom. The molecule has 8 nitrogen and oxygen atoms in total. The molecular formula is C17H25N5O3S. The van der Waals surface area contributed by atoms with Crippen LogP contribution in [0.15, 0.2) is 22.1 Å². The molecule has 0 radical (unpaired) electrons. The number of amides is 1. The van der Waals surface area contributed by atoms with E-state index in [-0.39, 0.29) is 0 Å². The number of hydrogen-bond donors (Lipinski definition) is 1. The van der Waals surface area contributed by atoms with Gasteiger partial charge in [0.25, 0.3) is 0 Å². The van der Waals surface area contributed by atoms with Crippen LogP contribution in [0.3, 0.4) is 0 Å². The Labute approximate surface area is 157 Å². The van der Waals surface area contributed by atoms with Gasteiger partial charge >= 0.3 is 6.09 Å². The first-order valence-electron chi connectivity index (χ1n) is 8.64. The number of imidazole rings is 1. The molecule has 1 aliphatic carbocycles. The lowest BCUT2D eigenvalue weighted by atomic mass is 10.1. The highest BCUT2D eigenvalue weighted by molar-refractivity contribution is 7.98. The number of hydrogen-bond acceptors (Lipinski definition) is 7. The van der Waals surface area contributed by atoms with E-state index in [1.54, 1.807) is 25.6 Å². The van der Waals surface area contributed by atoms with Gasteiger partial charge in [-0.3, -0.25) is 0 Å². The highest BCUT2D eigenvalue weighted by atomic mass is 32.2. The van der Waals surface area contributed by atoms with Gasteiger partial charge in [-0.15, -0.1) is 0 Å². The molecule has 0 aromatic carbocycles. The van der Waals surface area contributed by atoms with Crippen LogP contribution in [-0.2, 0) is 16.0 Å². The van der Waals surface area contributed by atoms with Gasteiger partial charge in [-0.2, -0.15) is 4.98 Å². The van der Waals surface area contributed by atoms with Crippen LogP contribution in [0.5, 0.6) is 0 Å². The van der Waals surface area contributed by atoms with Gasteiger partial charge in [0.1, 0.15) is 11.1 Å². The van der Waals surface area contributed by atoms with E-state index in [0.29, 0.717) is 23.5 Å². The number of thioether (sulfide) groups is 1. The maximum absolute atomic E-state index is 12.0. The number of nitrogens with zero attached hydrogens (tertiary/aromatic N) is 4. The zero-order valence-corrected chi connectivity index (χ0v) is 16.6. The highest BCUT2D eigenvalue weighted by Crippen LogP contribution is 2.38. The van der Waals surface area contributed by atoms with E-state index >= 15 is 0 Å². The van der Waals surface area contributed by atoms with Gasteiger partial charge in [-0.1, -0.05) is 16.9 Å². The van der Waals surface area contributed by atoms with Crippen LogP contribution in [0.25, 0.3) is 0 Å². The lowest BCUT2D eigenvalue weighted by molar-refractivity contribution is 0.0465. The van der Waals surface area contributed by atoms with Crippen LogP contribution >= 0.6 is 11.8 Å². The predicted octanol–water partition coefficient (Wildman–Crippen LogP) is 3.65. The Hall–Kier alpha value is -2.03. The molecule has 0 spiro atoms. The standard InChI is InChI=1S/C17H25N5O3S/c1-16(2,3)24-15(23)20-17(4,5)13-19-12(25-21-13)10-26-14-18-8-9-22(14)11-6-7-11/h8-9,11H,6-7,10H2,1-5H3,(H,20,23). The van der Waals surface area contributed by atoms with Crippen molar-refractivity contribution in [3.05, 3.63) is 24.1 Å². The molecule has 3 rings (SSSR count). The van der Waals surface area contributed by atoms with Crippen molar-refractivity contribution in [1.82, 2.24) is 25.0 Å². The van der Waals surface area contributed by atoms with Crippen molar-refractivity contribution < 1.29 is 14.1 Å². The van der Waals surface area contributed by atoms with Gasteiger partial charge in [0.2, 0.25) is 5.89 Å². The molecule has 1 aliphatic rings. The summed E-state index contributed by atoms with van der Waals surface area (Å²) in [4.78, 5) is 20.8. The molecular weight excluding hydrogens is 354 g/mol. The maximum Gasteiger partial charge on any atom is 0.408 e. The number of carbonyl (C=O) groups is 1. The summed E-state index contributed by atoms with van der Waals surface area (Å²) in [7, 11) is 0. The average Bonchev–Trinajstić information content (AvgIpc) is 3.05. The Balaban J connectivity index is 1.59. The monoisotopic (exact) mass is 379 g/mol. The molecule has 9 heteroatoms. The molecule has 26 heavy (non-hydrogen) atoms. The van der Waals surface area contributed by atoms with Gasteiger partial charge in [0, 0.05) is 18.4 Å². The van der Waals surface area contributed by atoms with Gasteiger partial charge < -0.3 is 19.1 Å². The quantitative estimate of drug-likeness (QED) is 0.765. The third-order valence-electron chi connectivity index (χ3n) is 3.74. The fraction of sp³-hybridized carbons (Fsp3) is 0.647. The van der Waals surface area contributed by atoms with E-state index < -0.39 is 17.2 Å². The largest absolute Gasteiger partial charge is 0.444 e. The first-order valence-corrected chi connectivity index (χ1v) is 9.62. The van der Waals surface area contributed by atoms with E-state index in [1.165, 1.54) is 12.8 Å². The lowest BCUT2D eigenvalue weighted by Gasteiger charge is -2.26. The topological polar surface area (TPSA) is 95.1 Å². The Kier molecular flexibility index (Phi) is 5.01. The number of nitrogens with one attached hydrogen (secondary N) is 1. The highest BCUT2D eigenvalue weighted by Gasteiger charge is 2.31. The van der Waals surface area contributed by atoms with Crippen molar-refractivity contribution in [2.24, 2.45) is 0 Å². The van der Waals surface area contributed by atoms with E-state index in [1.807, 2.05) is 33.2 Å². The van der Waals surface area contributed by atoms with Crippen LogP contribution in [0.4, 0.5) is 4.79 Å². The van der Waals surface area contributed by atoms with Crippen LogP contribution in [0.2, 0.25) is 0 Å². The fourth-order valence-corrected chi connectivity index (χ4v) is 3.21. The molecule has 1 saturated carbocycles. The van der Waals surface area contributed by atoms with Crippen LogP contribution in [0, 0.1) is 0 Å². The van der Waals surface area contributed by atoms with Crippen molar-refractivity contribution in [3.8, 4) is 0 Å². The summed E-state index contributed by atoms with van der Waals surface area (Å²) in [6, 6.07) is 0.579. The normalized spacial score (nSPS) is 15.1. The number of aromatic nitrogens is 4. The Morgan fingerprint density at radius 3 is 2.77 bits per heavy atom. The van der Waals surface area contributed by atoms with Crippen molar-refractivity contribution in [3.63, 3.8) is 0 Å². The minimum Gasteiger partial charge on any atom is -0.444 e. The summed E-state index contributed by atoms with van der Waals surface area (Å²) < 4.78 is 12.8. The predicted molar refractivity (Wildman–Crippen MR) is 96.8 cm³/mol. The average molecular weight is 379 g/mol. The molecule has 0 atom stereocenters. The SMILES string of the molecule is CC(C)(C)OC(=O)NC(C)(C)c1noc(CSc2nccn2C2CC2)n1. The Bertz CT molecular complexity index is 773. The molecule has 142 valence electrons. The third-order valence-corrected chi connectivity index (χ3v) is 4.70. The van der Waals surface area contributed by atoms with Crippen molar-refractivity contribution >= 4 is 17.9 Å². The maximum atomic E-state index is 12.0. The summed E-state index contributed by atoms with van der Waals surface area (Å²) in [6.45, 7) is 9.05. The van der Waals surface area contributed by atoms with Crippen molar-refractivity contribution in [2.75, 3.05) is 0 Å². The number of carbonyl (C=O) groups excluding carboxylic acids is 1. The number of alkyl carbamates (subject to hydrolysis) is 1. The summed E-state index contributed by atoms with van der Waals surface area (Å²) in [6.07, 6.45) is 5.72. The first kappa shape index (κ1) is 18.8. The zero-order valence-electron chi connectivity index (χ0n) is 15.8. The van der Waals surface area contributed by atoms with Gasteiger partial charge in [0.15, 0.2) is 11.0 Å². The molecule has 0 bridgehead atoms. The molecule has 2 heterocycles. The zero-order chi connectivity index (χ0) is 18.9. The summed E-state index contributed by atoms with van der Waals surface area (Å²) >= 11 is 1.56. The second kappa shape index (κ2) is 6.94. The number of ether oxygens (including phenoxy) is 1.